The summed E-state index contributed by atoms with van der Waals surface area (Å²) in [4.78, 5) is 25.2. The highest BCUT2D eigenvalue weighted by Crippen LogP contribution is 2.31. The zero-order valence-corrected chi connectivity index (χ0v) is 18.8. The molecule has 1 saturated heterocycles. The highest BCUT2D eigenvalue weighted by molar-refractivity contribution is 5.94. The number of H-pyrrole nitrogens is 1. The molecule has 2 aliphatic rings. The van der Waals surface area contributed by atoms with Gasteiger partial charge in [-0.05, 0) is 20.8 Å². The molecule has 10 heteroatoms. The van der Waals surface area contributed by atoms with Gasteiger partial charge in [0.1, 0.15) is 11.5 Å². The lowest BCUT2D eigenvalue weighted by Gasteiger charge is -2.29. The Labute approximate surface area is 186 Å². The van der Waals surface area contributed by atoms with E-state index in [1.54, 1.807) is 12.4 Å². The molecule has 0 atom stereocenters. The Morgan fingerprint density at radius 3 is 2.78 bits per heavy atom. The van der Waals surface area contributed by atoms with Gasteiger partial charge in [0.25, 0.3) is 5.91 Å². The lowest BCUT2D eigenvalue weighted by atomic mass is 10.0. The molecular weight excluding hydrogens is 410 g/mol. The van der Waals surface area contributed by atoms with E-state index in [1.165, 1.54) is 5.69 Å². The summed E-state index contributed by atoms with van der Waals surface area (Å²) in [5.74, 6) is 1.32. The number of carbonyl (C=O) groups is 1. The molecule has 1 fully saturated rings. The summed E-state index contributed by atoms with van der Waals surface area (Å²) < 4.78 is 12.9. The summed E-state index contributed by atoms with van der Waals surface area (Å²) in [5.41, 5.74) is 4.30. The molecule has 0 spiro atoms. The molecule has 5 heterocycles. The van der Waals surface area contributed by atoms with Crippen molar-refractivity contribution >= 4 is 5.91 Å². The molecule has 170 valence electrons. The van der Waals surface area contributed by atoms with Crippen LogP contribution >= 0.6 is 0 Å². The Morgan fingerprint density at radius 1 is 1.25 bits per heavy atom. The van der Waals surface area contributed by atoms with Gasteiger partial charge < -0.3 is 19.1 Å². The first-order valence-electron chi connectivity index (χ1n) is 11.2. The van der Waals surface area contributed by atoms with Crippen LogP contribution in [0.25, 0.3) is 11.5 Å². The van der Waals surface area contributed by atoms with Crippen molar-refractivity contribution in [3.05, 3.63) is 40.7 Å². The van der Waals surface area contributed by atoms with E-state index in [4.69, 9.17) is 14.4 Å². The largest absolute Gasteiger partial charge is 0.379 e. The maximum absolute atomic E-state index is 13.5. The number of nitrogens with zero attached hydrogens (tertiary/aromatic N) is 6. The first kappa shape index (κ1) is 20.9. The monoisotopic (exact) mass is 439 g/mol. The number of fused-ring (bicyclic) bond motifs is 1. The maximum Gasteiger partial charge on any atom is 0.276 e. The van der Waals surface area contributed by atoms with Crippen molar-refractivity contribution in [3.63, 3.8) is 0 Å². The number of hydrogen-bond donors (Lipinski definition) is 1. The maximum atomic E-state index is 13.5. The lowest BCUT2D eigenvalue weighted by Crippen LogP contribution is -2.38. The summed E-state index contributed by atoms with van der Waals surface area (Å²) in [6, 6.07) is 0.230. The van der Waals surface area contributed by atoms with Crippen LogP contribution in [0, 0.1) is 6.92 Å². The van der Waals surface area contributed by atoms with Crippen LogP contribution < -0.4 is 0 Å². The SMILES string of the molecule is Cc1onc(C(=O)N2CCc3c(c(-c4ncc[nH]4)nn3C(C)C)C2)c1CN1CCOCC1. The molecular formula is C22H29N7O3. The van der Waals surface area contributed by atoms with E-state index in [-0.39, 0.29) is 11.9 Å². The van der Waals surface area contributed by atoms with E-state index in [2.05, 4.69) is 38.6 Å². The van der Waals surface area contributed by atoms with Gasteiger partial charge in [-0.25, -0.2) is 4.98 Å². The van der Waals surface area contributed by atoms with Crippen LogP contribution in [0.2, 0.25) is 0 Å². The molecule has 0 bridgehead atoms. The Bertz CT molecular complexity index is 1090. The summed E-state index contributed by atoms with van der Waals surface area (Å²) >= 11 is 0. The third kappa shape index (κ3) is 3.73. The molecule has 32 heavy (non-hydrogen) atoms. The topological polar surface area (TPSA) is 105 Å². The second-order valence-electron chi connectivity index (χ2n) is 8.68. The highest BCUT2D eigenvalue weighted by atomic mass is 16.5. The fourth-order valence-corrected chi connectivity index (χ4v) is 4.51. The van der Waals surface area contributed by atoms with Crippen molar-refractivity contribution in [1.29, 1.82) is 0 Å². The Kier molecular flexibility index (Phi) is 5.56. The van der Waals surface area contributed by atoms with Crippen molar-refractivity contribution < 1.29 is 14.1 Å². The molecule has 3 aromatic heterocycles. The number of ether oxygens (including phenoxy) is 1. The van der Waals surface area contributed by atoms with E-state index in [0.29, 0.717) is 44.3 Å². The van der Waals surface area contributed by atoms with Crippen molar-refractivity contribution in [2.24, 2.45) is 0 Å². The van der Waals surface area contributed by atoms with Gasteiger partial charge in [-0.15, -0.1) is 0 Å². The minimum Gasteiger partial charge on any atom is -0.379 e. The number of imidazole rings is 1. The van der Waals surface area contributed by atoms with Gasteiger partial charge in [-0.3, -0.25) is 14.4 Å². The second-order valence-corrected chi connectivity index (χ2v) is 8.68. The third-order valence-corrected chi connectivity index (χ3v) is 6.26. The number of aromatic nitrogens is 5. The zero-order chi connectivity index (χ0) is 22.2. The molecule has 1 N–H and O–H groups in total. The number of aryl methyl sites for hydroxylation is 1. The van der Waals surface area contributed by atoms with Gasteiger partial charge in [0, 0.05) is 67.9 Å². The fraction of sp³-hybridized carbons (Fsp3) is 0.545. The second kappa shape index (κ2) is 8.51. The number of nitrogens with one attached hydrogen (secondary N) is 1. The molecule has 0 aromatic carbocycles. The normalized spacial score (nSPS) is 17.2. The van der Waals surface area contributed by atoms with E-state index in [9.17, 15) is 4.79 Å². The van der Waals surface area contributed by atoms with Crippen molar-refractivity contribution in [1.82, 2.24) is 34.7 Å². The number of carbonyl (C=O) groups excluding carboxylic acids is 1. The molecule has 0 saturated carbocycles. The molecule has 0 aliphatic carbocycles. The third-order valence-electron chi connectivity index (χ3n) is 6.26. The van der Waals surface area contributed by atoms with Crippen molar-refractivity contribution in [3.8, 4) is 11.5 Å². The molecule has 2 aliphatic heterocycles. The molecule has 3 aromatic rings. The smallest absolute Gasteiger partial charge is 0.276 e. The fourth-order valence-electron chi connectivity index (χ4n) is 4.51. The summed E-state index contributed by atoms with van der Waals surface area (Å²) in [5, 5.41) is 8.99. The first-order valence-corrected chi connectivity index (χ1v) is 11.2. The Balaban J connectivity index is 1.42. The molecule has 0 unspecified atom stereocenters. The van der Waals surface area contributed by atoms with Crippen molar-refractivity contribution in [2.75, 3.05) is 32.8 Å². The van der Waals surface area contributed by atoms with Crippen molar-refractivity contribution in [2.45, 2.75) is 46.3 Å². The zero-order valence-electron chi connectivity index (χ0n) is 18.8. The van der Waals surface area contributed by atoms with Gasteiger partial charge in [0.2, 0.25) is 0 Å². The van der Waals surface area contributed by atoms with E-state index in [1.807, 2.05) is 11.8 Å². The predicted octanol–water partition coefficient (Wildman–Crippen LogP) is 2.18. The van der Waals surface area contributed by atoms with Gasteiger partial charge in [0.15, 0.2) is 11.5 Å². The van der Waals surface area contributed by atoms with Crippen LogP contribution in [0.15, 0.2) is 16.9 Å². The predicted molar refractivity (Wildman–Crippen MR) is 116 cm³/mol. The lowest BCUT2D eigenvalue weighted by molar-refractivity contribution is 0.0338. The molecule has 10 nitrogen and oxygen atoms in total. The van der Waals surface area contributed by atoms with Crippen LogP contribution in [0.5, 0.6) is 0 Å². The van der Waals surface area contributed by atoms with Crippen LogP contribution in [-0.2, 0) is 24.2 Å². The average Bonchev–Trinajstić information content (AvgIpc) is 3.53. The molecule has 1 amide bonds. The summed E-state index contributed by atoms with van der Waals surface area (Å²) in [6.07, 6.45) is 4.25. The Hall–Kier alpha value is -2.98. The van der Waals surface area contributed by atoms with Gasteiger partial charge in [0.05, 0.1) is 19.8 Å². The number of hydrogen-bond acceptors (Lipinski definition) is 7. The minimum absolute atomic E-state index is 0.0987. The minimum atomic E-state index is -0.0987. The average molecular weight is 440 g/mol. The van der Waals surface area contributed by atoms with E-state index >= 15 is 0 Å². The van der Waals surface area contributed by atoms with Gasteiger partial charge in [-0.2, -0.15) is 5.10 Å². The van der Waals surface area contributed by atoms with Gasteiger partial charge >= 0.3 is 0 Å². The van der Waals surface area contributed by atoms with Crippen LogP contribution in [0.1, 0.15) is 53.0 Å². The van der Waals surface area contributed by atoms with Gasteiger partial charge in [-0.1, -0.05) is 5.16 Å². The van der Waals surface area contributed by atoms with Crippen LogP contribution in [-0.4, -0.2) is 73.5 Å². The number of aromatic amines is 1. The van der Waals surface area contributed by atoms with Crippen LogP contribution in [0.3, 0.4) is 0 Å². The number of amides is 1. The number of morpholine rings is 1. The number of rotatable bonds is 5. The highest BCUT2D eigenvalue weighted by Gasteiger charge is 2.33. The molecule has 5 rings (SSSR count). The quantitative estimate of drug-likeness (QED) is 0.650. The first-order chi connectivity index (χ1) is 15.5. The summed E-state index contributed by atoms with van der Waals surface area (Å²) in [7, 11) is 0. The Morgan fingerprint density at radius 2 is 2.06 bits per heavy atom. The molecule has 0 radical (unpaired) electrons. The van der Waals surface area contributed by atoms with E-state index < -0.39 is 0 Å². The summed E-state index contributed by atoms with van der Waals surface area (Å²) in [6.45, 7) is 10.9. The van der Waals surface area contributed by atoms with E-state index in [0.717, 1.165) is 42.2 Å². The van der Waals surface area contributed by atoms with Crippen LogP contribution in [0.4, 0.5) is 0 Å². The standard InChI is InChI=1S/C22H29N7O3/c1-14(2)29-18-4-7-28(13-17(18)19(25-29)21-23-5-6-24-21)22(30)20-16(15(3)32-26-20)12-27-8-10-31-11-9-27/h5-6,14H,4,7-13H2,1-3H3,(H,23,24).